The maximum absolute atomic E-state index is 14.0. The zero-order valence-corrected chi connectivity index (χ0v) is 13.2. The molecular weight excluding hydrogens is 269 g/mol. The second kappa shape index (κ2) is 7.23. The smallest absolute Gasteiger partial charge is 0.132 e. The lowest BCUT2D eigenvalue weighted by Crippen LogP contribution is -2.35. The summed E-state index contributed by atoms with van der Waals surface area (Å²) in [5, 5.41) is 10.4. The minimum atomic E-state index is -0.827. The van der Waals surface area contributed by atoms with Crippen LogP contribution < -0.4 is 4.74 Å². The van der Waals surface area contributed by atoms with E-state index in [1.165, 1.54) is 26.0 Å². The Balaban J connectivity index is 2.03. The van der Waals surface area contributed by atoms with Crippen LogP contribution in [0.4, 0.5) is 4.39 Å². The van der Waals surface area contributed by atoms with Gasteiger partial charge < -0.3 is 9.84 Å². The van der Waals surface area contributed by atoms with Gasteiger partial charge in [-0.05, 0) is 44.7 Å². The number of benzene rings is 1. The van der Waals surface area contributed by atoms with E-state index in [9.17, 15) is 9.50 Å². The third kappa shape index (κ3) is 3.55. The van der Waals surface area contributed by atoms with E-state index >= 15 is 0 Å². The first-order valence-electron chi connectivity index (χ1n) is 7.84. The minimum absolute atomic E-state index is 0.278. The highest BCUT2D eigenvalue weighted by molar-refractivity contribution is 5.36. The fraction of sp³-hybridized carbons (Fsp3) is 0.647. The Kier molecular flexibility index (Phi) is 5.59. The van der Waals surface area contributed by atoms with Crippen molar-refractivity contribution < 1.29 is 14.2 Å². The Morgan fingerprint density at radius 2 is 2.19 bits per heavy atom. The van der Waals surface area contributed by atoms with Crippen LogP contribution in [0.5, 0.6) is 5.75 Å². The van der Waals surface area contributed by atoms with Gasteiger partial charge >= 0.3 is 0 Å². The summed E-state index contributed by atoms with van der Waals surface area (Å²) in [6.45, 7) is 5.22. The molecular formula is C17H26FNO2. The van der Waals surface area contributed by atoms with Crippen LogP contribution in [-0.2, 0) is 0 Å². The van der Waals surface area contributed by atoms with Gasteiger partial charge in [-0.25, -0.2) is 4.39 Å². The van der Waals surface area contributed by atoms with Gasteiger partial charge in [0, 0.05) is 18.6 Å². The summed E-state index contributed by atoms with van der Waals surface area (Å²) in [4.78, 5) is 2.44. The highest BCUT2D eigenvalue weighted by atomic mass is 19.1. The van der Waals surface area contributed by atoms with Crippen LogP contribution in [0.3, 0.4) is 0 Å². The van der Waals surface area contributed by atoms with Gasteiger partial charge in [-0.1, -0.05) is 13.0 Å². The predicted octanol–water partition coefficient (Wildman–Crippen LogP) is 3.52. The third-order valence-electron chi connectivity index (χ3n) is 4.65. The van der Waals surface area contributed by atoms with Crippen LogP contribution in [0, 0.1) is 5.82 Å². The van der Waals surface area contributed by atoms with E-state index in [-0.39, 0.29) is 5.56 Å². The van der Waals surface area contributed by atoms with Crippen LogP contribution in [-0.4, -0.2) is 35.7 Å². The molecule has 1 saturated heterocycles. The topological polar surface area (TPSA) is 32.7 Å². The van der Waals surface area contributed by atoms with E-state index in [0.29, 0.717) is 24.3 Å². The molecule has 0 bridgehead atoms. The molecule has 1 aromatic carbocycles. The number of halogens is 1. The van der Waals surface area contributed by atoms with Crippen molar-refractivity contribution in [2.45, 2.75) is 57.7 Å². The highest BCUT2D eigenvalue weighted by Crippen LogP contribution is 2.32. The first-order chi connectivity index (χ1) is 10.1. The molecule has 3 unspecified atom stereocenters. The average Bonchev–Trinajstić information content (AvgIpc) is 2.84. The monoisotopic (exact) mass is 295 g/mol. The number of hydrogen-bond donors (Lipinski definition) is 1. The number of methoxy groups -OCH3 is 1. The maximum atomic E-state index is 14.0. The van der Waals surface area contributed by atoms with Crippen LogP contribution in [0.1, 0.15) is 51.2 Å². The lowest BCUT2D eigenvalue weighted by molar-refractivity contribution is 0.118. The molecule has 2 rings (SSSR count). The summed E-state index contributed by atoms with van der Waals surface area (Å²) in [5.41, 5.74) is 0.278. The number of rotatable bonds is 6. The molecule has 3 nitrogen and oxygen atoms in total. The van der Waals surface area contributed by atoms with Crippen LogP contribution in [0.15, 0.2) is 18.2 Å². The first-order valence-corrected chi connectivity index (χ1v) is 7.84. The average molecular weight is 295 g/mol. The maximum Gasteiger partial charge on any atom is 0.132 e. The molecule has 0 saturated carbocycles. The number of nitrogens with zero attached hydrogens (tertiary/aromatic N) is 1. The van der Waals surface area contributed by atoms with Crippen LogP contribution >= 0.6 is 0 Å². The molecule has 0 radical (unpaired) electrons. The molecule has 21 heavy (non-hydrogen) atoms. The molecule has 1 aliphatic rings. The summed E-state index contributed by atoms with van der Waals surface area (Å²) >= 11 is 0. The van der Waals surface area contributed by atoms with E-state index in [0.717, 1.165) is 13.0 Å². The number of likely N-dealkylation sites (tertiary alicyclic amines) is 1. The SMILES string of the molecule is CCC1CCC(C)N1CCC(O)c1c(F)cccc1OC. The molecule has 118 valence electrons. The van der Waals surface area contributed by atoms with Crippen molar-refractivity contribution in [3.05, 3.63) is 29.6 Å². The van der Waals surface area contributed by atoms with E-state index in [2.05, 4.69) is 18.7 Å². The van der Waals surface area contributed by atoms with Crippen molar-refractivity contribution in [3.8, 4) is 5.75 Å². The molecule has 0 amide bonds. The highest BCUT2D eigenvalue weighted by Gasteiger charge is 2.29. The summed E-state index contributed by atoms with van der Waals surface area (Å²) < 4.78 is 19.1. The van der Waals surface area contributed by atoms with Crippen molar-refractivity contribution in [3.63, 3.8) is 0 Å². The van der Waals surface area contributed by atoms with Gasteiger partial charge in [0.1, 0.15) is 11.6 Å². The zero-order chi connectivity index (χ0) is 15.4. The quantitative estimate of drug-likeness (QED) is 0.871. The molecule has 1 N–H and O–H groups in total. The van der Waals surface area contributed by atoms with E-state index < -0.39 is 11.9 Å². The van der Waals surface area contributed by atoms with Crippen LogP contribution in [0.25, 0.3) is 0 Å². The molecule has 1 fully saturated rings. The fourth-order valence-electron chi connectivity index (χ4n) is 3.40. The zero-order valence-electron chi connectivity index (χ0n) is 13.2. The van der Waals surface area contributed by atoms with Crippen molar-refractivity contribution >= 4 is 0 Å². The van der Waals surface area contributed by atoms with Gasteiger partial charge in [-0.15, -0.1) is 0 Å². The minimum Gasteiger partial charge on any atom is -0.496 e. The second-order valence-corrected chi connectivity index (χ2v) is 5.89. The standard InChI is InChI=1S/C17H26FNO2/c1-4-13-9-8-12(2)19(13)11-10-15(20)17-14(18)6-5-7-16(17)21-3/h5-7,12-13,15,20H,4,8-11H2,1-3H3. The lowest BCUT2D eigenvalue weighted by atomic mass is 10.0. The molecule has 0 spiro atoms. The molecule has 0 aromatic heterocycles. The Bertz CT molecular complexity index is 466. The van der Waals surface area contributed by atoms with Crippen molar-refractivity contribution in [2.75, 3.05) is 13.7 Å². The molecule has 4 heteroatoms. The largest absolute Gasteiger partial charge is 0.496 e. The van der Waals surface area contributed by atoms with Crippen LogP contribution in [0.2, 0.25) is 0 Å². The van der Waals surface area contributed by atoms with Gasteiger partial charge in [0.2, 0.25) is 0 Å². The first kappa shape index (κ1) is 16.2. The molecule has 1 heterocycles. The van der Waals surface area contributed by atoms with Gasteiger partial charge in [0.15, 0.2) is 0 Å². The van der Waals surface area contributed by atoms with E-state index in [1.54, 1.807) is 12.1 Å². The molecule has 3 atom stereocenters. The number of aliphatic hydroxyl groups excluding tert-OH is 1. The Morgan fingerprint density at radius 3 is 2.86 bits per heavy atom. The molecule has 0 aliphatic carbocycles. The van der Waals surface area contributed by atoms with E-state index in [1.807, 2.05) is 0 Å². The number of ether oxygens (including phenoxy) is 1. The van der Waals surface area contributed by atoms with E-state index in [4.69, 9.17) is 4.74 Å². The predicted molar refractivity (Wildman–Crippen MR) is 82.0 cm³/mol. The fourth-order valence-corrected chi connectivity index (χ4v) is 3.40. The number of aliphatic hydroxyl groups is 1. The molecule has 1 aromatic rings. The summed E-state index contributed by atoms with van der Waals surface area (Å²) in [6, 6.07) is 5.79. The summed E-state index contributed by atoms with van der Waals surface area (Å²) in [6.07, 6.45) is 3.25. The van der Waals surface area contributed by atoms with Gasteiger partial charge in [0.05, 0.1) is 18.8 Å². The second-order valence-electron chi connectivity index (χ2n) is 5.89. The third-order valence-corrected chi connectivity index (χ3v) is 4.65. The molecule has 1 aliphatic heterocycles. The Morgan fingerprint density at radius 1 is 1.43 bits per heavy atom. The van der Waals surface area contributed by atoms with Gasteiger partial charge in [0.25, 0.3) is 0 Å². The summed E-state index contributed by atoms with van der Waals surface area (Å²) in [7, 11) is 1.50. The van der Waals surface area contributed by atoms with Crippen molar-refractivity contribution in [1.29, 1.82) is 0 Å². The van der Waals surface area contributed by atoms with Crippen molar-refractivity contribution in [1.82, 2.24) is 4.90 Å². The number of hydrogen-bond acceptors (Lipinski definition) is 3. The Hall–Kier alpha value is -1.13. The normalized spacial score (nSPS) is 24.2. The van der Waals surface area contributed by atoms with Gasteiger partial charge in [-0.2, -0.15) is 0 Å². The summed E-state index contributed by atoms with van der Waals surface area (Å²) in [5.74, 6) is 0.0207. The lowest BCUT2D eigenvalue weighted by Gasteiger charge is -2.28. The Labute approximate surface area is 126 Å². The van der Waals surface area contributed by atoms with Crippen molar-refractivity contribution in [2.24, 2.45) is 0 Å². The van der Waals surface area contributed by atoms with Gasteiger partial charge in [-0.3, -0.25) is 4.90 Å².